The normalized spacial score (nSPS) is 11.7. The molecule has 0 radical (unpaired) electrons. The number of fused-ring (bicyclic) bond motifs is 1. The van der Waals surface area contributed by atoms with Crippen LogP contribution in [-0.4, -0.2) is 35.1 Å². The maximum atomic E-state index is 13.0. The molecule has 0 atom stereocenters. The summed E-state index contributed by atoms with van der Waals surface area (Å²) < 4.78 is 29.2. The number of carbonyl (C=O) groups excluding carboxylic acids is 1. The van der Waals surface area contributed by atoms with E-state index < -0.39 is 10.0 Å². The minimum absolute atomic E-state index is 0.231. The number of amides is 1. The molecule has 0 bridgehead atoms. The predicted molar refractivity (Wildman–Crippen MR) is 115 cm³/mol. The van der Waals surface area contributed by atoms with Crippen LogP contribution in [0.1, 0.15) is 27.3 Å². The van der Waals surface area contributed by atoms with Crippen molar-refractivity contribution in [1.82, 2.24) is 19.1 Å². The van der Waals surface area contributed by atoms with E-state index in [-0.39, 0.29) is 10.8 Å². The largest absolute Gasteiger partial charge is 0.354 e. The molecule has 7 nitrogen and oxygen atoms in total. The fraction of sp³-hybridized carbons (Fsp3) is 0.182. The molecule has 8 heteroatoms. The van der Waals surface area contributed by atoms with E-state index in [0.29, 0.717) is 17.8 Å². The van der Waals surface area contributed by atoms with Crippen LogP contribution in [-0.2, 0) is 16.6 Å². The van der Waals surface area contributed by atoms with Crippen molar-refractivity contribution in [3.8, 4) is 0 Å². The quantitative estimate of drug-likeness (QED) is 0.536. The van der Waals surface area contributed by atoms with Crippen LogP contribution in [0.15, 0.2) is 65.7 Å². The van der Waals surface area contributed by atoms with E-state index in [2.05, 4.69) is 10.4 Å². The van der Waals surface area contributed by atoms with Crippen molar-refractivity contribution in [1.29, 1.82) is 0 Å². The Bertz CT molecular complexity index is 1350. The Kier molecular flexibility index (Phi) is 4.95. The van der Waals surface area contributed by atoms with E-state index >= 15 is 0 Å². The number of aryl methyl sites for hydroxylation is 2. The number of nitrogens with zero attached hydrogens (tertiary/aromatic N) is 3. The van der Waals surface area contributed by atoms with Crippen LogP contribution in [0.4, 0.5) is 0 Å². The fourth-order valence-corrected chi connectivity index (χ4v) is 4.73. The number of hydrogen-bond acceptors (Lipinski definition) is 4. The summed E-state index contributed by atoms with van der Waals surface area (Å²) >= 11 is 0. The Morgan fingerprint density at radius 2 is 1.77 bits per heavy atom. The van der Waals surface area contributed by atoms with Gasteiger partial charge in [0.15, 0.2) is 0 Å². The van der Waals surface area contributed by atoms with E-state index in [1.165, 1.54) is 3.97 Å². The Labute approximate surface area is 175 Å². The molecule has 4 rings (SSSR count). The van der Waals surface area contributed by atoms with Gasteiger partial charge in [0, 0.05) is 24.3 Å². The van der Waals surface area contributed by atoms with Crippen molar-refractivity contribution in [3.63, 3.8) is 0 Å². The Morgan fingerprint density at radius 3 is 2.47 bits per heavy atom. The summed E-state index contributed by atoms with van der Waals surface area (Å²) in [6.07, 6.45) is 1.58. The van der Waals surface area contributed by atoms with E-state index in [9.17, 15) is 13.2 Å². The van der Waals surface area contributed by atoms with Crippen LogP contribution in [0.2, 0.25) is 0 Å². The summed E-state index contributed by atoms with van der Waals surface area (Å²) in [5, 5.41) is 7.74. The topological polar surface area (TPSA) is 86.0 Å². The van der Waals surface area contributed by atoms with Crippen LogP contribution in [0, 0.1) is 13.8 Å². The summed E-state index contributed by atoms with van der Waals surface area (Å²) in [7, 11) is -2.10. The number of aromatic nitrogens is 3. The molecule has 2 aromatic heterocycles. The molecule has 1 N–H and O–H groups in total. The lowest BCUT2D eigenvalue weighted by Crippen LogP contribution is -2.18. The van der Waals surface area contributed by atoms with Gasteiger partial charge in [-0.15, -0.1) is 0 Å². The molecule has 0 unspecified atom stereocenters. The van der Waals surface area contributed by atoms with Gasteiger partial charge in [0.2, 0.25) is 0 Å². The minimum atomic E-state index is -3.67. The van der Waals surface area contributed by atoms with Crippen LogP contribution >= 0.6 is 0 Å². The molecule has 0 saturated heterocycles. The maximum Gasteiger partial charge on any atom is 0.271 e. The maximum absolute atomic E-state index is 13.0. The molecule has 0 fully saturated rings. The third-order valence-corrected chi connectivity index (χ3v) is 6.77. The van der Waals surface area contributed by atoms with Crippen LogP contribution in [0.25, 0.3) is 10.9 Å². The highest BCUT2D eigenvalue weighted by molar-refractivity contribution is 7.90. The highest BCUT2D eigenvalue weighted by Gasteiger charge is 2.19. The summed E-state index contributed by atoms with van der Waals surface area (Å²) in [4.78, 5) is 12.0. The third kappa shape index (κ3) is 3.50. The van der Waals surface area contributed by atoms with Gasteiger partial charge in [-0.3, -0.25) is 9.48 Å². The van der Waals surface area contributed by atoms with Crippen molar-refractivity contribution in [2.75, 3.05) is 7.05 Å². The van der Waals surface area contributed by atoms with Gasteiger partial charge in [-0.25, -0.2) is 12.4 Å². The van der Waals surface area contributed by atoms with Crippen molar-refractivity contribution in [3.05, 3.63) is 83.3 Å². The highest BCUT2D eigenvalue weighted by Crippen LogP contribution is 2.24. The highest BCUT2D eigenvalue weighted by atomic mass is 32.2. The first-order chi connectivity index (χ1) is 14.3. The standard InChI is InChI=1S/C22H22N4O3S/c1-15-4-7-19(8-5-15)30(28,29)26-11-10-18-13-17(6-9-21(18)26)14-25-16(2)12-20(24-25)22(27)23-3/h4-13H,14H2,1-3H3,(H,23,27). The van der Waals surface area contributed by atoms with Crippen LogP contribution in [0.5, 0.6) is 0 Å². The summed E-state index contributed by atoms with van der Waals surface area (Å²) in [5.74, 6) is -0.231. The zero-order valence-corrected chi connectivity index (χ0v) is 17.8. The molecule has 0 aliphatic carbocycles. The van der Waals surface area contributed by atoms with Gasteiger partial charge in [-0.2, -0.15) is 5.10 Å². The molecule has 0 spiro atoms. The second kappa shape index (κ2) is 7.46. The molecule has 2 heterocycles. The van der Waals surface area contributed by atoms with Gasteiger partial charge in [0.25, 0.3) is 15.9 Å². The molecule has 0 saturated carbocycles. The van der Waals surface area contributed by atoms with Gasteiger partial charge in [-0.05, 0) is 55.8 Å². The summed E-state index contributed by atoms with van der Waals surface area (Å²) in [5.41, 5.74) is 3.81. The molecule has 154 valence electrons. The number of benzene rings is 2. The van der Waals surface area contributed by atoms with Crippen LogP contribution in [0.3, 0.4) is 0 Å². The van der Waals surface area contributed by atoms with Gasteiger partial charge in [0.1, 0.15) is 5.69 Å². The second-order valence-electron chi connectivity index (χ2n) is 7.23. The minimum Gasteiger partial charge on any atom is -0.354 e. The Morgan fingerprint density at radius 1 is 1.03 bits per heavy atom. The molecular formula is C22H22N4O3S. The lowest BCUT2D eigenvalue weighted by Gasteiger charge is -2.09. The lowest BCUT2D eigenvalue weighted by molar-refractivity contribution is 0.0957. The first kappa shape index (κ1) is 19.9. The molecule has 30 heavy (non-hydrogen) atoms. The zero-order valence-electron chi connectivity index (χ0n) is 17.0. The lowest BCUT2D eigenvalue weighted by atomic mass is 10.1. The number of rotatable bonds is 5. The van der Waals surface area contributed by atoms with E-state index in [1.807, 2.05) is 26.0 Å². The summed E-state index contributed by atoms with van der Waals surface area (Å²) in [6.45, 7) is 4.29. The number of carbonyl (C=O) groups is 1. The summed E-state index contributed by atoms with van der Waals surface area (Å²) in [6, 6.07) is 16.0. The van der Waals surface area contributed by atoms with Crippen molar-refractivity contribution >= 4 is 26.8 Å². The third-order valence-electron chi connectivity index (χ3n) is 5.07. The van der Waals surface area contributed by atoms with E-state index in [0.717, 1.165) is 22.2 Å². The molecule has 4 aromatic rings. The van der Waals surface area contributed by atoms with Crippen LogP contribution < -0.4 is 5.32 Å². The van der Waals surface area contributed by atoms with Crippen molar-refractivity contribution < 1.29 is 13.2 Å². The van der Waals surface area contributed by atoms with Gasteiger partial charge >= 0.3 is 0 Å². The van der Waals surface area contributed by atoms with E-state index in [1.54, 1.807) is 60.4 Å². The van der Waals surface area contributed by atoms with Gasteiger partial charge in [0.05, 0.1) is 17.0 Å². The average molecular weight is 423 g/mol. The molecule has 2 aromatic carbocycles. The number of nitrogens with one attached hydrogen (secondary N) is 1. The molecule has 0 aliphatic rings. The number of hydrogen-bond donors (Lipinski definition) is 1. The fourth-order valence-electron chi connectivity index (χ4n) is 3.38. The Hall–Kier alpha value is -3.39. The van der Waals surface area contributed by atoms with Gasteiger partial charge in [-0.1, -0.05) is 23.8 Å². The average Bonchev–Trinajstić information content (AvgIpc) is 3.31. The van der Waals surface area contributed by atoms with Crippen molar-refractivity contribution in [2.24, 2.45) is 0 Å². The molecular weight excluding hydrogens is 400 g/mol. The first-order valence-electron chi connectivity index (χ1n) is 9.48. The SMILES string of the molecule is CNC(=O)c1cc(C)n(Cc2ccc3c(ccn3S(=O)(=O)c3ccc(C)cc3)c2)n1. The zero-order chi connectivity index (χ0) is 21.5. The molecule has 0 aliphatic heterocycles. The molecule has 1 amide bonds. The monoisotopic (exact) mass is 422 g/mol. The van der Waals surface area contributed by atoms with Crippen molar-refractivity contribution in [2.45, 2.75) is 25.3 Å². The Balaban J connectivity index is 1.67. The van der Waals surface area contributed by atoms with E-state index in [4.69, 9.17) is 0 Å². The predicted octanol–water partition coefficient (Wildman–Crippen LogP) is 3.10. The smallest absolute Gasteiger partial charge is 0.271 e. The second-order valence-corrected chi connectivity index (χ2v) is 9.05. The van der Waals surface area contributed by atoms with Gasteiger partial charge < -0.3 is 5.32 Å². The first-order valence-corrected chi connectivity index (χ1v) is 10.9.